The van der Waals surface area contributed by atoms with E-state index < -0.39 is 0 Å². The predicted octanol–water partition coefficient (Wildman–Crippen LogP) is 4.08. The van der Waals surface area contributed by atoms with E-state index >= 15 is 0 Å². The minimum atomic E-state index is -0.113. The van der Waals surface area contributed by atoms with Gasteiger partial charge in [-0.15, -0.1) is 23.1 Å². The minimum absolute atomic E-state index is 0.113. The monoisotopic (exact) mass is 442 g/mol. The number of fused-ring (bicyclic) bond motifs is 2. The Balaban J connectivity index is 1.19. The third-order valence-corrected chi connectivity index (χ3v) is 6.22. The molecule has 1 N–H and O–H groups in total. The van der Waals surface area contributed by atoms with Crippen molar-refractivity contribution in [2.75, 3.05) is 37.5 Å². The number of anilines is 1. The maximum absolute atomic E-state index is 12.4. The topological polar surface area (TPSA) is 78.9 Å². The van der Waals surface area contributed by atoms with E-state index in [1.165, 1.54) is 23.1 Å². The maximum Gasteiger partial charge on any atom is 0.236 e. The summed E-state index contributed by atoms with van der Waals surface area (Å²) in [5, 5.41) is 5.34. The molecule has 1 amide bonds. The van der Waals surface area contributed by atoms with Gasteiger partial charge in [0.15, 0.2) is 28.1 Å². The fourth-order valence-electron chi connectivity index (χ4n) is 3.08. The van der Waals surface area contributed by atoms with Crippen molar-refractivity contribution < 1.29 is 23.7 Å². The van der Waals surface area contributed by atoms with E-state index in [0.717, 1.165) is 33.4 Å². The molecule has 3 heterocycles. The Bertz CT molecular complexity index is 1090. The first kappa shape index (κ1) is 19.1. The molecule has 3 aromatic rings. The Hall–Kier alpha value is -2.91. The standard InChI is InChI=1S/C21H18N2O5S2/c24-20(12-29-14-2-4-17-19(10-14)28-8-6-26-17)23-21-22-15(11-30-21)13-1-3-16-18(9-13)27-7-5-25-16/h1-4,9-11H,5-8,12H2,(H,22,23,24). The number of nitrogens with one attached hydrogen (secondary N) is 1. The summed E-state index contributed by atoms with van der Waals surface area (Å²) < 4.78 is 22.3. The maximum atomic E-state index is 12.4. The molecule has 5 rings (SSSR count). The van der Waals surface area contributed by atoms with Crippen LogP contribution in [0.2, 0.25) is 0 Å². The number of hydrogen-bond donors (Lipinski definition) is 1. The normalized spacial score (nSPS) is 14.3. The van der Waals surface area contributed by atoms with E-state index in [-0.39, 0.29) is 11.7 Å². The molecule has 0 aliphatic carbocycles. The first-order valence-corrected chi connectivity index (χ1v) is 11.3. The molecule has 0 fully saturated rings. The van der Waals surface area contributed by atoms with E-state index in [9.17, 15) is 4.79 Å². The Morgan fingerprint density at radius 1 is 0.933 bits per heavy atom. The van der Waals surface area contributed by atoms with Gasteiger partial charge < -0.3 is 24.3 Å². The second-order valence-electron chi connectivity index (χ2n) is 6.54. The summed E-state index contributed by atoms with van der Waals surface area (Å²) in [5.74, 6) is 3.08. The zero-order chi connectivity index (χ0) is 20.3. The van der Waals surface area contributed by atoms with Crippen LogP contribution in [0, 0.1) is 0 Å². The molecule has 9 heteroatoms. The van der Waals surface area contributed by atoms with E-state index in [4.69, 9.17) is 18.9 Å². The molecule has 0 saturated heterocycles. The molecule has 0 radical (unpaired) electrons. The zero-order valence-electron chi connectivity index (χ0n) is 15.9. The lowest BCUT2D eigenvalue weighted by Gasteiger charge is -2.18. The molecule has 0 atom stereocenters. The number of aromatic nitrogens is 1. The highest BCUT2D eigenvalue weighted by atomic mass is 32.2. The van der Waals surface area contributed by atoms with Crippen LogP contribution in [-0.4, -0.2) is 43.1 Å². The smallest absolute Gasteiger partial charge is 0.236 e. The van der Waals surface area contributed by atoms with Gasteiger partial charge in [-0.25, -0.2) is 4.98 Å². The highest BCUT2D eigenvalue weighted by molar-refractivity contribution is 8.00. The lowest BCUT2D eigenvalue weighted by Crippen LogP contribution is -2.15. The molecule has 2 aromatic carbocycles. The predicted molar refractivity (Wildman–Crippen MR) is 115 cm³/mol. The molecule has 2 aliphatic rings. The number of rotatable bonds is 5. The number of thioether (sulfide) groups is 1. The van der Waals surface area contributed by atoms with Gasteiger partial charge in [0, 0.05) is 15.8 Å². The van der Waals surface area contributed by atoms with Crippen LogP contribution in [0.4, 0.5) is 5.13 Å². The molecule has 0 bridgehead atoms. The van der Waals surface area contributed by atoms with Crippen molar-refractivity contribution in [2.24, 2.45) is 0 Å². The molecule has 0 unspecified atom stereocenters. The molecule has 2 aliphatic heterocycles. The zero-order valence-corrected chi connectivity index (χ0v) is 17.5. The second kappa shape index (κ2) is 8.45. The Morgan fingerprint density at radius 3 is 2.37 bits per heavy atom. The fraction of sp³-hybridized carbons (Fsp3) is 0.238. The molecular weight excluding hydrogens is 424 g/mol. The average Bonchev–Trinajstić information content (AvgIpc) is 3.25. The molecule has 30 heavy (non-hydrogen) atoms. The van der Waals surface area contributed by atoms with Gasteiger partial charge in [0.25, 0.3) is 0 Å². The number of ether oxygens (including phenoxy) is 4. The van der Waals surface area contributed by atoms with E-state index in [2.05, 4.69) is 10.3 Å². The van der Waals surface area contributed by atoms with Crippen LogP contribution in [0.15, 0.2) is 46.7 Å². The molecular formula is C21H18N2O5S2. The summed E-state index contributed by atoms with van der Waals surface area (Å²) in [7, 11) is 0. The van der Waals surface area contributed by atoms with Crippen molar-refractivity contribution in [1.29, 1.82) is 0 Å². The molecule has 0 spiro atoms. The summed E-state index contributed by atoms with van der Waals surface area (Å²) in [4.78, 5) is 17.8. The van der Waals surface area contributed by atoms with Crippen LogP contribution in [0.25, 0.3) is 11.3 Å². The van der Waals surface area contributed by atoms with Gasteiger partial charge in [0.05, 0.1) is 11.4 Å². The first-order valence-electron chi connectivity index (χ1n) is 9.42. The summed E-state index contributed by atoms with van der Waals surface area (Å²) in [6.45, 7) is 2.20. The van der Waals surface area contributed by atoms with Crippen LogP contribution in [0.3, 0.4) is 0 Å². The minimum Gasteiger partial charge on any atom is -0.486 e. The van der Waals surface area contributed by atoms with Gasteiger partial charge in [-0.1, -0.05) is 0 Å². The van der Waals surface area contributed by atoms with E-state index in [1.54, 1.807) is 0 Å². The number of hydrogen-bond acceptors (Lipinski definition) is 8. The van der Waals surface area contributed by atoms with Gasteiger partial charge in [-0.05, 0) is 36.4 Å². The third kappa shape index (κ3) is 4.17. The summed E-state index contributed by atoms with van der Waals surface area (Å²) >= 11 is 2.83. The van der Waals surface area contributed by atoms with Crippen molar-refractivity contribution in [1.82, 2.24) is 4.98 Å². The van der Waals surface area contributed by atoms with Crippen LogP contribution >= 0.6 is 23.1 Å². The molecule has 1 aromatic heterocycles. The van der Waals surface area contributed by atoms with Gasteiger partial charge in [-0.3, -0.25) is 4.79 Å². The highest BCUT2D eigenvalue weighted by Gasteiger charge is 2.15. The number of nitrogens with zero attached hydrogens (tertiary/aromatic N) is 1. The van der Waals surface area contributed by atoms with Crippen LogP contribution in [-0.2, 0) is 4.79 Å². The summed E-state index contributed by atoms with van der Waals surface area (Å²) in [6.07, 6.45) is 0. The van der Waals surface area contributed by atoms with Crippen LogP contribution in [0.5, 0.6) is 23.0 Å². The molecule has 7 nitrogen and oxygen atoms in total. The number of carbonyl (C=O) groups excluding carboxylic acids is 1. The van der Waals surface area contributed by atoms with Crippen molar-refractivity contribution in [3.05, 3.63) is 41.8 Å². The lowest BCUT2D eigenvalue weighted by atomic mass is 10.1. The fourth-order valence-corrected chi connectivity index (χ4v) is 4.54. The molecule has 154 valence electrons. The van der Waals surface area contributed by atoms with Crippen LogP contribution < -0.4 is 24.3 Å². The van der Waals surface area contributed by atoms with E-state index in [1.807, 2.05) is 41.8 Å². The van der Waals surface area contributed by atoms with Gasteiger partial charge >= 0.3 is 0 Å². The van der Waals surface area contributed by atoms with E-state index in [0.29, 0.717) is 37.3 Å². The number of amides is 1. The Labute approximate surface area is 181 Å². The van der Waals surface area contributed by atoms with Crippen LogP contribution in [0.1, 0.15) is 0 Å². The first-order chi connectivity index (χ1) is 14.7. The SMILES string of the molecule is O=C(CSc1ccc2c(c1)OCCO2)Nc1nc(-c2ccc3c(c2)OCCO3)cs1. The highest BCUT2D eigenvalue weighted by Crippen LogP contribution is 2.36. The lowest BCUT2D eigenvalue weighted by molar-refractivity contribution is -0.113. The van der Waals surface area contributed by atoms with Gasteiger partial charge in [0.1, 0.15) is 26.4 Å². The summed E-state index contributed by atoms with van der Waals surface area (Å²) in [5.41, 5.74) is 1.70. The largest absolute Gasteiger partial charge is 0.486 e. The number of carbonyl (C=O) groups is 1. The number of benzene rings is 2. The number of thiazole rings is 1. The Morgan fingerprint density at radius 2 is 1.60 bits per heavy atom. The second-order valence-corrected chi connectivity index (χ2v) is 8.45. The van der Waals surface area contributed by atoms with Gasteiger partial charge in [0.2, 0.25) is 5.91 Å². The van der Waals surface area contributed by atoms with Crippen molar-refractivity contribution in [2.45, 2.75) is 4.90 Å². The van der Waals surface area contributed by atoms with Crippen molar-refractivity contribution in [3.63, 3.8) is 0 Å². The quantitative estimate of drug-likeness (QED) is 0.597. The summed E-state index contributed by atoms with van der Waals surface area (Å²) in [6, 6.07) is 11.4. The average molecular weight is 443 g/mol. The Kier molecular flexibility index (Phi) is 5.37. The van der Waals surface area contributed by atoms with Gasteiger partial charge in [-0.2, -0.15) is 0 Å². The van der Waals surface area contributed by atoms with Crippen molar-refractivity contribution in [3.8, 4) is 34.3 Å². The molecule has 0 saturated carbocycles. The van der Waals surface area contributed by atoms with Crippen molar-refractivity contribution >= 4 is 34.1 Å². The third-order valence-electron chi connectivity index (χ3n) is 4.47.